The van der Waals surface area contributed by atoms with E-state index >= 15 is 0 Å². The summed E-state index contributed by atoms with van der Waals surface area (Å²) in [5.74, 6) is 1.54. The zero-order chi connectivity index (χ0) is 8.27. The Morgan fingerprint density at radius 1 is 1.58 bits per heavy atom. The summed E-state index contributed by atoms with van der Waals surface area (Å²) in [7, 11) is 0. The third kappa shape index (κ3) is 3.24. The van der Waals surface area contributed by atoms with Crippen LogP contribution in [0.2, 0.25) is 0 Å². The standard InChI is InChI=1S/C8H14N2O.ClH/c1-6(2)3-8-4-7(5-9)10-11-8;/h4,6H,3,5,9H2,1-2H3;1H. The van der Waals surface area contributed by atoms with E-state index in [0.29, 0.717) is 12.5 Å². The molecule has 2 N–H and O–H groups in total. The molecule has 0 aliphatic carbocycles. The van der Waals surface area contributed by atoms with Gasteiger partial charge in [-0.2, -0.15) is 0 Å². The first-order valence-corrected chi connectivity index (χ1v) is 3.87. The minimum atomic E-state index is 0. The zero-order valence-corrected chi connectivity index (χ0v) is 8.23. The lowest BCUT2D eigenvalue weighted by molar-refractivity contribution is 0.364. The van der Waals surface area contributed by atoms with Gasteiger partial charge in [0.25, 0.3) is 0 Å². The highest BCUT2D eigenvalue weighted by atomic mass is 35.5. The van der Waals surface area contributed by atoms with Crippen LogP contribution < -0.4 is 5.73 Å². The van der Waals surface area contributed by atoms with Gasteiger partial charge in [-0.1, -0.05) is 19.0 Å². The molecule has 0 aliphatic rings. The maximum atomic E-state index is 5.37. The van der Waals surface area contributed by atoms with Crippen LogP contribution in [0.3, 0.4) is 0 Å². The molecule has 0 saturated heterocycles. The first kappa shape index (κ1) is 11.5. The SMILES string of the molecule is CC(C)Cc1cc(CN)no1.Cl. The van der Waals surface area contributed by atoms with Gasteiger partial charge >= 0.3 is 0 Å². The number of nitrogens with two attached hydrogens (primary N) is 1. The Labute approximate surface area is 78.7 Å². The Bertz CT molecular complexity index is 223. The molecule has 1 aromatic rings. The Kier molecular flexibility index (Phi) is 4.93. The normalized spacial score (nSPS) is 10.0. The first-order valence-electron chi connectivity index (χ1n) is 3.87. The summed E-state index contributed by atoms with van der Waals surface area (Å²) < 4.78 is 5.04. The lowest BCUT2D eigenvalue weighted by Gasteiger charge is -1.96. The average Bonchev–Trinajstić information content (AvgIpc) is 2.34. The zero-order valence-electron chi connectivity index (χ0n) is 7.41. The molecule has 12 heavy (non-hydrogen) atoms. The Morgan fingerprint density at radius 3 is 2.67 bits per heavy atom. The van der Waals surface area contributed by atoms with E-state index in [2.05, 4.69) is 19.0 Å². The highest BCUT2D eigenvalue weighted by Crippen LogP contribution is 2.08. The molecule has 0 radical (unpaired) electrons. The predicted octanol–water partition coefficient (Wildman–Crippen LogP) is 1.75. The van der Waals surface area contributed by atoms with E-state index in [4.69, 9.17) is 10.3 Å². The van der Waals surface area contributed by atoms with Crippen molar-refractivity contribution in [3.63, 3.8) is 0 Å². The molecule has 0 fully saturated rings. The Morgan fingerprint density at radius 2 is 2.25 bits per heavy atom. The van der Waals surface area contributed by atoms with Gasteiger partial charge in [0, 0.05) is 19.0 Å². The first-order chi connectivity index (χ1) is 5.22. The molecule has 0 amide bonds. The van der Waals surface area contributed by atoms with Gasteiger partial charge in [0.15, 0.2) is 0 Å². The summed E-state index contributed by atoms with van der Waals surface area (Å²) in [6, 6.07) is 1.92. The van der Waals surface area contributed by atoms with Crippen molar-refractivity contribution in [3.8, 4) is 0 Å². The van der Waals surface area contributed by atoms with Crippen molar-refractivity contribution in [1.82, 2.24) is 5.16 Å². The molecule has 1 rings (SSSR count). The van der Waals surface area contributed by atoms with Crippen LogP contribution in [0.1, 0.15) is 25.3 Å². The number of rotatable bonds is 3. The highest BCUT2D eigenvalue weighted by Gasteiger charge is 2.03. The van der Waals surface area contributed by atoms with E-state index in [9.17, 15) is 0 Å². The summed E-state index contributed by atoms with van der Waals surface area (Å²) in [6.45, 7) is 4.75. The molecule has 0 aromatic carbocycles. The maximum absolute atomic E-state index is 5.37. The number of aromatic nitrogens is 1. The molecule has 0 atom stereocenters. The van der Waals surface area contributed by atoms with Gasteiger partial charge in [0.2, 0.25) is 0 Å². The van der Waals surface area contributed by atoms with Gasteiger partial charge in [0.05, 0.1) is 5.69 Å². The van der Waals surface area contributed by atoms with Crippen LogP contribution in [0, 0.1) is 5.92 Å². The quantitative estimate of drug-likeness (QED) is 0.790. The summed E-state index contributed by atoms with van der Waals surface area (Å²) in [5, 5.41) is 3.79. The number of hydrogen-bond donors (Lipinski definition) is 1. The second-order valence-corrected chi connectivity index (χ2v) is 3.09. The number of hydrogen-bond acceptors (Lipinski definition) is 3. The molecule has 1 heterocycles. The minimum Gasteiger partial charge on any atom is -0.361 e. The summed E-state index contributed by atoms with van der Waals surface area (Å²) in [6.07, 6.45) is 0.938. The number of nitrogens with zero attached hydrogens (tertiary/aromatic N) is 1. The Balaban J connectivity index is 0.00000121. The van der Waals surface area contributed by atoms with E-state index in [-0.39, 0.29) is 12.4 Å². The fourth-order valence-corrected chi connectivity index (χ4v) is 0.951. The van der Waals surface area contributed by atoms with Gasteiger partial charge in [-0.05, 0) is 5.92 Å². The van der Waals surface area contributed by atoms with E-state index in [1.54, 1.807) is 0 Å². The van der Waals surface area contributed by atoms with Crippen LogP contribution in [-0.2, 0) is 13.0 Å². The number of halogens is 1. The van der Waals surface area contributed by atoms with Gasteiger partial charge in [0.1, 0.15) is 5.76 Å². The molecule has 1 aromatic heterocycles. The van der Waals surface area contributed by atoms with Crippen molar-refractivity contribution in [1.29, 1.82) is 0 Å². The second kappa shape index (κ2) is 5.17. The van der Waals surface area contributed by atoms with Crippen molar-refractivity contribution in [2.45, 2.75) is 26.8 Å². The molecule has 4 heteroatoms. The largest absolute Gasteiger partial charge is 0.361 e. The molecular weight excluding hydrogens is 176 g/mol. The van der Waals surface area contributed by atoms with Crippen LogP contribution in [-0.4, -0.2) is 5.16 Å². The third-order valence-electron chi connectivity index (χ3n) is 1.43. The highest BCUT2D eigenvalue weighted by molar-refractivity contribution is 5.85. The smallest absolute Gasteiger partial charge is 0.137 e. The van der Waals surface area contributed by atoms with E-state index in [1.165, 1.54) is 0 Å². The summed E-state index contributed by atoms with van der Waals surface area (Å²) >= 11 is 0. The third-order valence-corrected chi connectivity index (χ3v) is 1.43. The van der Waals surface area contributed by atoms with Crippen LogP contribution >= 0.6 is 12.4 Å². The minimum absolute atomic E-state index is 0. The Hall–Kier alpha value is -0.540. The van der Waals surface area contributed by atoms with Crippen LogP contribution in [0.4, 0.5) is 0 Å². The molecule has 0 unspecified atom stereocenters. The lowest BCUT2D eigenvalue weighted by Crippen LogP contribution is -1.95. The fourth-order valence-electron chi connectivity index (χ4n) is 0.951. The van der Waals surface area contributed by atoms with Gasteiger partial charge in [-0.3, -0.25) is 0 Å². The van der Waals surface area contributed by atoms with Crippen molar-refractivity contribution in [3.05, 3.63) is 17.5 Å². The summed E-state index contributed by atoms with van der Waals surface area (Å²) in [4.78, 5) is 0. The van der Waals surface area contributed by atoms with Crippen LogP contribution in [0.15, 0.2) is 10.6 Å². The van der Waals surface area contributed by atoms with Gasteiger partial charge in [-0.25, -0.2) is 0 Å². The van der Waals surface area contributed by atoms with Crippen LogP contribution in [0.5, 0.6) is 0 Å². The molecule has 0 bridgehead atoms. The summed E-state index contributed by atoms with van der Waals surface area (Å²) in [5.41, 5.74) is 6.21. The molecule has 0 aliphatic heterocycles. The monoisotopic (exact) mass is 190 g/mol. The maximum Gasteiger partial charge on any atom is 0.137 e. The van der Waals surface area contributed by atoms with Crippen molar-refractivity contribution >= 4 is 12.4 Å². The second-order valence-electron chi connectivity index (χ2n) is 3.09. The predicted molar refractivity (Wildman–Crippen MR) is 50.2 cm³/mol. The van der Waals surface area contributed by atoms with Crippen LogP contribution in [0.25, 0.3) is 0 Å². The van der Waals surface area contributed by atoms with E-state index in [0.717, 1.165) is 17.9 Å². The molecule has 70 valence electrons. The van der Waals surface area contributed by atoms with E-state index < -0.39 is 0 Å². The molecular formula is C8H15ClN2O. The van der Waals surface area contributed by atoms with Gasteiger partial charge < -0.3 is 10.3 Å². The van der Waals surface area contributed by atoms with Crippen molar-refractivity contribution < 1.29 is 4.52 Å². The van der Waals surface area contributed by atoms with E-state index in [1.807, 2.05) is 6.07 Å². The fraction of sp³-hybridized carbons (Fsp3) is 0.625. The topological polar surface area (TPSA) is 52.0 Å². The molecule has 0 spiro atoms. The molecule has 0 saturated carbocycles. The average molecular weight is 191 g/mol. The van der Waals surface area contributed by atoms with Crippen molar-refractivity contribution in [2.24, 2.45) is 11.7 Å². The van der Waals surface area contributed by atoms with Gasteiger partial charge in [-0.15, -0.1) is 12.4 Å². The molecule has 3 nitrogen and oxygen atoms in total. The lowest BCUT2D eigenvalue weighted by atomic mass is 10.1. The van der Waals surface area contributed by atoms with Crippen molar-refractivity contribution in [2.75, 3.05) is 0 Å².